The van der Waals surface area contributed by atoms with Gasteiger partial charge in [-0.05, 0) is 29.3 Å². The second kappa shape index (κ2) is 7.29. The molecule has 0 saturated carbocycles. The first-order valence-electron chi connectivity index (χ1n) is 7.88. The van der Waals surface area contributed by atoms with Gasteiger partial charge in [0.15, 0.2) is 0 Å². The van der Waals surface area contributed by atoms with E-state index in [1.807, 2.05) is 0 Å². The third-order valence-electron chi connectivity index (χ3n) is 3.77. The second-order valence-electron chi connectivity index (χ2n) is 6.16. The van der Waals surface area contributed by atoms with Crippen LogP contribution in [0.25, 0.3) is 22.3 Å². The summed E-state index contributed by atoms with van der Waals surface area (Å²) < 4.78 is 46.0. The van der Waals surface area contributed by atoms with Crippen LogP contribution in [0.1, 0.15) is 10.4 Å². The van der Waals surface area contributed by atoms with Gasteiger partial charge in [0.05, 0.1) is 5.56 Å². The highest BCUT2D eigenvalue weighted by Gasteiger charge is 2.15. The van der Waals surface area contributed by atoms with Crippen molar-refractivity contribution in [2.75, 3.05) is 12.5 Å². The molecular formula is C17H14N4O6S2. The number of sulfone groups is 2. The summed E-state index contributed by atoms with van der Waals surface area (Å²) in [5, 5.41) is 8.71. The van der Waals surface area contributed by atoms with Gasteiger partial charge in [0.25, 0.3) is 0 Å². The number of benzene rings is 1. The minimum atomic E-state index is -3.57. The van der Waals surface area contributed by atoms with Gasteiger partial charge in [-0.15, -0.1) is 0 Å². The molecule has 2 heterocycles. The van der Waals surface area contributed by atoms with Crippen LogP contribution in [0.5, 0.6) is 0 Å². The molecule has 0 amide bonds. The van der Waals surface area contributed by atoms with Gasteiger partial charge in [0.1, 0.15) is 0 Å². The summed E-state index contributed by atoms with van der Waals surface area (Å²) in [4.78, 5) is 26.7. The fraction of sp³-hybridized carbons (Fsp3) is 0.118. The zero-order valence-corrected chi connectivity index (χ0v) is 16.8. The Bertz CT molecular complexity index is 1210. The fourth-order valence-electron chi connectivity index (χ4n) is 2.40. The number of aromatic carboxylic acids is 1. The van der Waals surface area contributed by atoms with Crippen molar-refractivity contribution in [2.45, 2.75) is 10.3 Å². The molecule has 10 nitrogen and oxygen atoms in total. The average Bonchev–Trinajstić information content (AvgIpc) is 2.66. The zero-order valence-electron chi connectivity index (χ0n) is 15.1. The molecule has 12 heteroatoms. The number of carbonyl (C=O) groups is 1. The van der Waals surface area contributed by atoms with Crippen molar-refractivity contribution in [1.82, 2.24) is 19.9 Å². The van der Waals surface area contributed by atoms with Crippen LogP contribution in [-0.4, -0.2) is 60.4 Å². The highest BCUT2D eigenvalue weighted by atomic mass is 32.2. The summed E-state index contributed by atoms with van der Waals surface area (Å²) in [7, 11) is -7.15. The minimum Gasteiger partial charge on any atom is -0.478 e. The van der Waals surface area contributed by atoms with E-state index in [4.69, 9.17) is 0 Å². The minimum absolute atomic E-state index is 0.0446. The van der Waals surface area contributed by atoms with Gasteiger partial charge >= 0.3 is 5.97 Å². The largest absolute Gasteiger partial charge is 0.478 e. The molecule has 0 aliphatic carbocycles. The molecule has 0 aliphatic heterocycles. The molecule has 0 radical (unpaired) electrons. The van der Waals surface area contributed by atoms with E-state index in [0.29, 0.717) is 22.3 Å². The van der Waals surface area contributed by atoms with Crippen LogP contribution < -0.4 is 0 Å². The topological polar surface area (TPSA) is 157 Å². The van der Waals surface area contributed by atoms with Gasteiger partial charge in [0.2, 0.25) is 30.0 Å². The number of carboxylic acids is 1. The maximum Gasteiger partial charge on any atom is 0.335 e. The fourth-order valence-corrected chi connectivity index (χ4v) is 3.37. The molecule has 0 fully saturated rings. The van der Waals surface area contributed by atoms with E-state index in [-0.39, 0.29) is 15.9 Å². The Balaban J connectivity index is 2.10. The van der Waals surface area contributed by atoms with Gasteiger partial charge in [-0.3, -0.25) is 0 Å². The summed E-state index contributed by atoms with van der Waals surface area (Å²) in [6, 6.07) is 4.39. The third kappa shape index (κ3) is 4.60. The van der Waals surface area contributed by atoms with Crippen LogP contribution in [0.15, 0.2) is 53.3 Å². The Morgan fingerprint density at radius 3 is 1.31 bits per heavy atom. The van der Waals surface area contributed by atoms with E-state index in [1.165, 1.54) is 36.9 Å². The lowest BCUT2D eigenvalue weighted by molar-refractivity contribution is 0.0697. The zero-order chi connectivity index (χ0) is 21.4. The predicted molar refractivity (Wildman–Crippen MR) is 102 cm³/mol. The van der Waals surface area contributed by atoms with E-state index in [2.05, 4.69) is 19.9 Å². The van der Waals surface area contributed by atoms with Crippen LogP contribution in [0, 0.1) is 0 Å². The molecule has 29 heavy (non-hydrogen) atoms. The van der Waals surface area contributed by atoms with Crippen molar-refractivity contribution in [3.05, 3.63) is 48.5 Å². The standard InChI is InChI=1S/C17H14N4O6S2/c1-28(24,25)16-18-6-13(7-19-16)10-3-11(5-12(4-10)15(22)23)14-8-20-17(21-9-14)29(2,26)27/h3-9H,1-2H3,(H,22,23). The monoisotopic (exact) mass is 434 g/mol. The lowest BCUT2D eigenvalue weighted by atomic mass is 9.99. The van der Waals surface area contributed by atoms with E-state index in [1.54, 1.807) is 6.07 Å². The smallest absolute Gasteiger partial charge is 0.335 e. The Labute approximate surface area is 166 Å². The van der Waals surface area contributed by atoms with E-state index < -0.39 is 25.6 Å². The molecule has 0 saturated heterocycles. The molecule has 0 aliphatic rings. The lowest BCUT2D eigenvalue weighted by Crippen LogP contribution is -2.04. The number of aromatic nitrogens is 4. The van der Waals surface area contributed by atoms with Crippen molar-refractivity contribution in [2.24, 2.45) is 0 Å². The number of rotatable bonds is 5. The van der Waals surface area contributed by atoms with Crippen molar-refractivity contribution in [3.63, 3.8) is 0 Å². The van der Waals surface area contributed by atoms with Gasteiger partial charge in [-0.2, -0.15) is 0 Å². The van der Waals surface area contributed by atoms with Gasteiger partial charge in [-0.1, -0.05) is 0 Å². The Morgan fingerprint density at radius 1 is 0.690 bits per heavy atom. The number of nitrogens with zero attached hydrogens (tertiary/aromatic N) is 4. The van der Waals surface area contributed by atoms with Crippen LogP contribution >= 0.6 is 0 Å². The predicted octanol–water partition coefficient (Wildman–Crippen LogP) is 1.11. The molecule has 0 bridgehead atoms. The summed E-state index contributed by atoms with van der Waals surface area (Å²) in [5.74, 6) is -1.18. The lowest BCUT2D eigenvalue weighted by Gasteiger charge is -2.08. The Kier molecular flexibility index (Phi) is 5.15. The summed E-state index contributed by atoms with van der Waals surface area (Å²) >= 11 is 0. The normalized spacial score (nSPS) is 11.9. The number of hydrogen-bond acceptors (Lipinski definition) is 9. The first kappa shape index (κ1) is 20.5. The molecule has 3 aromatic rings. The number of hydrogen-bond donors (Lipinski definition) is 1. The van der Waals surface area contributed by atoms with Crippen LogP contribution in [-0.2, 0) is 19.7 Å². The van der Waals surface area contributed by atoms with E-state index >= 15 is 0 Å². The summed E-state index contributed by atoms with van der Waals surface area (Å²) in [6.07, 6.45) is 7.06. The van der Waals surface area contributed by atoms with Gasteiger partial charge in [0, 0.05) is 48.4 Å². The molecule has 0 unspecified atom stereocenters. The van der Waals surface area contributed by atoms with E-state index in [0.717, 1.165) is 12.5 Å². The molecule has 1 N–H and O–H groups in total. The number of carboxylic acid groups (broad SMARTS) is 1. The Hall–Kier alpha value is -3.25. The van der Waals surface area contributed by atoms with Crippen LogP contribution in [0.4, 0.5) is 0 Å². The molecule has 0 spiro atoms. The SMILES string of the molecule is CS(=O)(=O)c1ncc(-c2cc(C(=O)O)cc(-c3cnc(S(C)(=O)=O)nc3)c2)cn1. The first-order chi connectivity index (χ1) is 13.4. The van der Waals surface area contributed by atoms with Crippen molar-refractivity contribution < 1.29 is 26.7 Å². The van der Waals surface area contributed by atoms with Gasteiger partial charge < -0.3 is 5.11 Å². The summed E-state index contributed by atoms with van der Waals surface area (Å²) in [5.41, 5.74) is 1.60. The van der Waals surface area contributed by atoms with Crippen molar-refractivity contribution in [3.8, 4) is 22.3 Å². The highest BCUT2D eigenvalue weighted by molar-refractivity contribution is 7.90. The molecule has 3 rings (SSSR count). The van der Waals surface area contributed by atoms with E-state index in [9.17, 15) is 26.7 Å². The van der Waals surface area contributed by atoms with Crippen LogP contribution in [0.2, 0.25) is 0 Å². The maximum absolute atomic E-state index is 11.5. The molecule has 150 valence electrons. The van der Waals surface area contributed by atoms with Crippen LogP contribution in [0.3, 0.4) is 0 Å². The first-order valence-corrected chi connectivity index (χ1v) is 11.7. The average molecular weight is 434 g/mol. The molecule has 1 aromatic carbocycles. The highest BCUT2D eigenvalue weighted by Crippen LogP contribution is 2.28. The third-order valence-corrected chi connectivity index (χ3v) is 5.51. The quantitative estimate of drug-likeness (QED) is 0.577. The molecule has 0 atom stereocenters. The van der Waals surface area contributed by atoms with Gasteiger partial charge in [-0.25, -0.2) is 41.6 Å². The Morgan fingerprint density at radius 2 is 1.03 bits per heavy atom. The molecular weight excluding hydrogens is 420 g/mol. The summed E-state index contributed by atoms with van der Waals surface area (Å²) in [6.45, 7) is 0. The maximum atomic E-state index is 11.5. The van der Waals surface area contributed by atoms with Crippen molar-refractivity contribution >= 4 is 25.6 Å². The van der Waals surface area contributed by atoms with Crippen molar-refractivity contribution in [1.29, 1.82) is 0 Å². The molecule has 2 aromatic heterocycles. The second-order valence-corrected chi connectivity index (χ2v) is 9.98.